The van der Waals surface area contributed by atoms with E-state index in [2.05, 4.69) is 15.4 Å². The summed E-state index contributed by atoms with van der Waals surface area (Å²) in [4.78, 5) is 54.0. The molecule has 0 aromatic heterocycles. The molecule has 4 rings (SSSR count). The maximum Gasteiger partial charge on any atom is 0.389 e. The highest BCUT2D eigenvalue weighted by molar-refractivity contribution is 7.91. The molecule has 1 saturated heterocycles. The predicted molar refractivity (Wildman–Crippen MR) is 138 cm³/mol. The molecule has 0 aromatic carbocycles. The maximum absolute atomic E-state index is 13.6. The molecule has 4 aliphatic rings. The van der Waals surface area contributed by atoms with Gasteiger partial charge in [-0.15, -0.1) is 0 Å². The molecule has 0 radical (unpaired) electrons. The van der Waals surface area contributed by atoms with Crippen LogP contribution >= 0.6 is 0 Å². The van der Waals surface area contributed by atoms with Gasteiger partial charge >= 0.3 is 6.18 Å². The van der Waals surface area contributed by atoms with Crippen molar-refractivity contribution in [2.24, 2.45) is 11.8 Å². The lowest BCUT2D eigenvalue weighted by atomic mass is 10.0. The minimum atomic E-state index is -4.51. The SMILES string of the molecule is C[C@@H]1C[C@H]2C(=O)N[C@]3(C(=O)NS(=O)(=O)C4CC4)C[C@H]3/C=C\CCCCC[C@H](NC(=O)CCC(F)(F)F)C(=O)N2C1. The first-order valence-corrected chi connectivity index (χ1v) is 15.5. The van der Waals surface area contributed by atoms with Gasteiger partial charge in [0.25, 0.3) is 5.91 Å². The summed E-state index contributed by atoms with van der Waals surface area (Å²) in [5.74, 6) is -3.34. The summed E-state index contributed by atoms with van der Waals surface area (Å²) in [6.07, 6.45) is 1.34. The number of carbonyl (C=O) groups excluding carboxylic acids is 4. The van der Waals surface area contributed by atoms with Gasteiger partial charge in [0.2, 0.25) is 27.7 Å². The Bertz CT molecular complexity index is 1160. The number of rotatable bonds is 6. The van der Waals surface area contributed by atoms with E-state index in [0.29, 0.717) is 32.1 Å². The van der Waals surface area contributed by atoms with Gasteiger partial charge in [0.1, 0.15) is 17.6 Å². The van der Waals surface area contributed by atoms with Gasteiger partial charge in [-0.25, -0.2) is 8.42 Å². The average molecular weight is 591 g/mol. The lowest BCUT2D eigenvalue weighted by molar-refractivity contribution is -0.146. The van der Waals surface area contributed by atoms with E-state index in [0.717, 1.165) is 6.42 Å². The van der Waals surface area contributed by atoms with Crippen molar-refractivity contribution < 1.29 is 40.8 Å². The Labute approximate surface area is 231 Å². The number of carbonyl (C=O) groups is 4. The van der Waals surface area contributed by atoms with Gasteiger partial charge in [0.15, 0.2) is 0 Å². The van der Waals surface area contributed by atoms with E-state index >= 15 is 0 Å². The van der Waals surface area contributed by atoms with Gasteiger partial charge in [-0.3, -0.25) is 23.9 Å². The largest absolute Gasteiger partial charge is 0.389 e. The summed E-state index contributed by atoms with van der Waals surface area (Å²) >= 11 is 0. The van der Waals surface area contributed by atoms with Gasteiger partial charge in [-0.1, -0.05) is 31.9 Å². The van der Waals surface area contributed by atoms with Crippen LogP contribution in [-0.4, -0.2) is 72.5 Å². The Kier molecular flexibility index (Phi) is 8.86. The molecule has 14 heteroatoms. The van der Waals surface area contributed by atoms with Crippen LogP contribution in [0.15, 0.2) is 12.2 Å². The smallest absolute Gasteiger partial charge is 0.344 e. The van der Waals surface area contributed by atoms with E-state index in [1.165, 1.54) is 4.90 Å². The Balaban J connectivity index is 1.54. The number of nitrogens with zero attached hydrogens (tertiary/aromatic N) is 1. The second kappa shape index (κ2) is 11.7. The lowest BCUT2D eigenvalue weighted by Gasteiger charge is -2.30. The average Bonchev–Trinajstić information content (AvgIpc) is 3.78. The highest BCUT2D eigenvalue weighted by Gasteiger charge is 2.62. The quantitative estimate of drug-likeness (QED) is 0.405. The number of hydrogen-bond acceptors (Lipinski definition) is 6. The van der Waals surface area contributed by atoms with Crippen molar-refractivity contribution >= 4 is 33.7 Å². The molecule has 3 fully saturated rings. The molecule has 0 bridgehead atoms. The normalized spacial score (nSPS) is 32.5. The lowest BCUT2D eigenvalue weighted by Crippen LogP contribution is -2.58. The molecule has 2 aliphatic carbocycles. The van der Waals surface area contributed by atoms with E-state index in [4.69, 9.17) is 0 Å². The van der Waals surface area contributed by atoms with Gasteiger partial charge in [0.05, 0.1) is 11.7 Å². The predicted octanol–water partition coefficient (Wildman–Crippen LogP) is 2.05. The highest BCUT2D eigenvalue weighted by atomic mass is 32.2. The summed E-state index contributed by atoms with van der Waals surface area (Å²) in [6.45, 7) is 2.04. The number of fused-ring (bicyclic) bond motifs is 2. The molecular weight excluding hydrogens is 553 g/mol. The van der Waals surface area contributed by atoms with E-state index in [9.17, 15) is 40.8 Å². The zero-order valence-electron chi connectivity index (χ0n) is 22.5. The Morgan fingerprint density at radius 1 is 1.15 bits per heavy atom. The first-order valence-electron chi connectivity index (χ1n) is 13.9. The van der Waals surface area contributed by atoms with Crippen LogP contribution in [-0.2, 0) is 29.2 Å². The fourth-order valence-electron chi connectivity index (χ4n) is 5.53. The summed E-state index contributed by atoms with van der Waals surface area (Å²) in [5.41, 5.74) is -1.46. The van der Waals surface area contributed by atoms with E-state index in [1.54, 1.807) is 0 Å². The molecule has 3 N–H and O–H groups in total. The molecule has 224 valence electrons. The molecule has 40 heavy (non-hydrogen) atoms. The van der Waals surface area contributed by atoms with Crippen molar-refractivity contribution in [2.45, 2.75) is 107 Å². The maximum atomic E-state index is 13.6. The van der Waals surface area contributed by atoms with E-state index in [-0.39, 0.29) is 31.7 Å². The summed E-state index contributed by atoms with van der Waals surface area (Å²) in [5, 5.41) is 4.59. The Morgan fingerprint density at radius 2 is 1.88 bits per heavy atom. The van der Waals surface area contributed by atoms with Crippen LogP contribution < -0.4 is 15.4 Å². The first kappa shape index (κ1) is 30.3. The fourth-order valence-corrected chi connectivity index (χ4v) is 6.90. The van der Waals surface area contributed by atoms with Gasteiger partial charge in [0, 0.05) is 18.9 Å². The monoisotopic (exact) mass is 590 g/mol. The molecule has 2 aliphatic heterocycles. The summed E-state index contributed by atoms with van der Waals surface area (Å²) in [6, 6.07) is -2.06. The van der Waals surface area contributed by atoms with Gasteiger partial charge < -0.3 is 15.5 Å². The molecule has 2 saturated carbocycles. The number of sulfonamides is 1. The molecular formula is C26H37F3N4O6S. The highest BCUT2D eigenvalue weighted by Crippen LogP contribution is 2.46. The van der Waals surface area contributed by atoms with Crippen LogP contribution in [0.3, 0.4) is 0 Å². The van der Waals surface area contributed by atoms with Gasteiger partial charge in [-0.2, -0.15) is 13.2 Å². The topological polar surface area (TPSA) is 142 Å². The van der Waals surface area contributed by atoms with Crippen LogP contribution in [0, 0.1) is 11.8 Å². The first-order chi connectivity index (χ1) is 18.7. The summed E-state index contributed by atoms with van der Waals surface area (Å²) < 4.78 is 65.0. The molecule has 4 amide bonds. The third kappa shape index (κ3) is 7.35. The number of halogens is 3. The zero-order valence-corrected chi connectivity index (χ0v) is 23.3. The van der Waals surface area contributed by atoms with Gasteiger partial charge in [-0.05, 0) is 50.9 Å². The van der Waals surface area contributed by atoms with E-state index < -0.39 is 81.5 Å². The van der Waals surface area contributed by atoms with Crippen LogP contribution in [0.1, 0.15) is 77.6 Å². The van der Waals surface area contributed by atoms with Crippen molar-refractivity contribution in [1.29, 1.82) is 0 Å². The third-order valence-electron chi connectivity index (χ3n) is 8.06. The second-order valence-corrected chi connectivity index (χ2v) is 13.6. The Hall–Kier alpha value is -2.64. The fraction of sp³-hybridized carbons (Fsp3) is 0.769. The standard InChI is InChI=1S/C26H37F3N4O6S/c1-16-13-20-22(35)31-25(24(37)32-40(38,39)18-9-10-18)14-17(25)7-5-3-2-4-6-8-19(23(36)33(20)15-16)30-21(34)11-12-26(27,28)29/h5,7,16-20H,2-4,6,8-15H2,1H3,(H,30,34)(H,31,35)(H,32,37)/b7-5-/t16-,17-,19+,20+,25-/m1/s1. The minimum Gasteiger partial charge on any atom is -0.344 e. The van der Waals surface area contributed by atoms with E-state index in [1.807, 2.05) is 19.1 Å². The molecule has 0 unspecified atom stereocenters. The molecule has 10 nitrogen and oxygen atoms in total. The van der Waals surface area contributed by atoms with Crippen molar-refractivity contribution in [3.05, 3.63) is 12.2 Å². The van der Waals surface area contributed by atoms with Crippen LogP contribution in [0.25, 0.3) is 0 Å². The van der Waals surface area contributed by atoms with Crippen molar-refractivity contribution in [1.82, 2.24) is 20.3 Å². The molecule has 2 heterocycles. The second-order valence-electron chi connectivity index (χ2n) is 11.6. The van der Waals surface area contributed by atoms with Crippen LogP contribution in [0.2, 0.25) is 0 Å². The Morgan fingerprint density at radius 3 is 2.55 bits per heavy atom. The molecule has 5 atom stereocenters. The third-order valence-corrected chi connectivity index (χ3v) is 9.88. The molecule has 0 spiro atoms. The van der Waals surface area contributed by atoms with Crippen molar-refractivity contribution in [3.63, 3.8) is 0 Å². The minimum absolute atomic E-state index is 0.0879. The number of hydrogen-bond donors (Lipinski definition) is 3. The van der Waals surface area contributed by atoms with Crippen molar-refractivity contribution in [3.8, 4) is 0 Å². The number of nitrogens with one attached hydrogen (secondary N) is 3. The number of allylic oxidation sites excluding steroid dienone is 1. The number of alkyl halides is 3. The number of amides is 4. The molecule has 0 aromatic rings. The summed E-state index contributed by atoms with van der Waals surface area (Å²) in [7, 11) is -3.85. The zero-order chi connectivity index (χ0) is 29.3. The van der Waals surface area contributed by atoms with Crippen LogP contribution in [0.4, 0.5) is 13.2 Å². The van der Waals surface area contributed by atoms with Crippen LogP contribution in [0.5, 0.6) is 0 Å². The van der Waals surface area contributed by atoms with Crippen molar-refractivity contribution in [2.75, 3.05) is 6.54 Å².